The Labute approximate surface area is 135 Å². The van der Waals surface area contributed by atoms with Crippen molar-refractivity contribution in [2.24, 2.45) is 11.7 Å². The lowest BCUT2D eigenvalue weighted by Crippen LogP contribution is -2.19. The van der Waals surface area contributed by atoms with E-state index in [2.05, 4.69) is 19.1 Å². The summed E-state index contributed by atoms with van der Waals surface area (Å²) in [5, 5.41) is 0. The Morgan fingerprint density at radius 1 is 1.09 bits per heavy atom. The van der Waals surface area contributed by atoms with Gasteiger partial charge < -0.3 is 15.2 Å². The second kappa shape index (κ2) is 9.16. The van der Waals surface area contributed by atoms with Crippen LogP contribution in [0.15, 0.2) is 24.3 Å². The lowest BCUT2D eigenvalue weighted by atomic mass is 9.87. The summed E-state index contributed by atoms with van der Waals surface area (Å²) in [7, 11) is 0. The fraction of sp³-hybridized carbons (Fsp3) is 0.684. The molecule has 0 radical (unpaired) electrons. The maximum Gasteiger partial charge on any atom is 0.196 e. The number of rotatable bonds is 8. The third kappa shape index (κ3) is 5.62. The van der Waals surface area contributed by atoms with E-state index in [0.29, 0.717) is 12.5 Å². The molecule has 0 amide bonds. The molecule has 0 heterocycles. The summed E-state index contributed by atoms with van der Waals surface area (Å²) in [6.45, 7) is 5.57. The van der Waals surface area contributed by atoms with Crippen LogP contribution in [-0.4, -0.2) is 19.4 Å². The van der Waals surface area contributed by atoms with Gasteiger partial charge in [-0.05, 0) is 49.4 Å². The summed E-state index contributed by atoms with van der Waals surface area (Å²) in [5.41, 5.74) is 6.94. The molecule has 2 N–H and O–H groups in total. The van der Waals surface area contributed by atoms with Crippen molar-refractivity contribution in [3.8, 4) is 5.75 Å². The van der Waals surface area contributed by atoms with E-state index in [1.807, 2.05) is 19.1 Å². The van der Waals surface area contributed by atoms with E-state index in [9.17, 15) is 0 Å². The first-order valence-corrected chi connectivity index (χ1v) is 8.77. The molecule has 3 heteroatoms. The molecule has 1 aromatic carbocycles. The highest BCUT2D eigenvalue weighted by Gasteiger charge is 2.14. The maximum atomic E-state index is 5.82. The van der Waals surface area contributed by atoms with Crippen molar-refractivity contribution in [1.29, 1.82) is 0 Å². The zero-order valence-corrected chi connectivity index (χ0v) is 14.1. The molecule has 0 bridgehead atoms. The average Bonchev–Trinajstić information content (AvgIpc) is 2.56. The first kappa shape index (κ1) is 17.3. The van der Waals surface area contributed by atoms with Crippen LogP contribution >= 0.6 is 0 Å². The predicted octanol–water partition coefficient (Wildman–Crippen LogP) is 4.46. The predicted molar refractivity (Wildman–Crippen MR) is 91.1 cm³/mol. The Hall–Kier alpha value is -1.06. The first-order valence-electron chi connectivity index (χ1n) is 8.77. The summed E-state index contributed by atoms with van der Waals surface area (Å²) >= 11 is 0. The Morgan fingerprint density at radius 2 is 1.77 bits per heavy atom. The molecule has 3 nitrogen and oxygen atoms in total. The van der Waals surface area contributed by atoms with Crippen LogP contribution in [0.5, 0.6) is 5.75 Å². The van der Waals surface area contributed by atoms with Crippen LogP contribution in [0.4, 0.5) is 0 Å². The molecule has 1 saturated carbocycles. The molecule has 2 rings (SSSR count). The van der Waals surface area contributed by atoms with Gasteiger partial charge in [-0.15, -0.1) is 0 Å². The van der Waals surface area contributed by atoms with Gasteiger partial charge in [0, 0.05) is 0 Å². The second-order valence-electron chi connectivity index (χ2n) is 6.55. The van der Waals surface area contributed by atoms with Crippen LogP contribution in [0, 0.1) is 5.92 Å². The van der Waals surface area contributed by atoms with Crippen LogP contribution in [0.2, 0.25) is 0 Å². The topological polar surface area (TPSA) is 44.5 Å². The molecule has 0 aliphatic heterocycles. The van der Waals surface area contributed by atoms with Crippen LogP contribution in [-0.2, 0) is 4.74 Å². The van der Waals surface area contributed by atoms with Crippen molar-refractivity contribution in [2.75, 3.05) is 13.2 Å². The molecule has 1 fully saturated rings. The molecule has 1 aromatic rings. The number of hydrogen-bond donors (Lipinski definition) is 1. The average molecular weight is 305 g/mol. The second-order valence-corrected chi connectivity index (χ2v) is 6.55. The minimum atomic E-state index is -0.193. The largest absolute Gasteiger partial charge is 0.465 e. The summed E-state index contributed by atoms with van der Waals surface area (Å²) in [6.07, 6.45) is 7.92. The van der Waals surface area contributed by atoms with Gasteiger partial charge in [0.15, 0.2) is 6.29 Å². The number of hydrogen-bond acceptors (Lipinski definition) is 3. The molecular formula is C19H31NO2. The Morgan fingerprint density at radius 3 is 2.41 bits per heavy atom. The highest BCUT2D eigenvalue weighted by Crippen LogP contribution is 2.26. The third-order valence-corrected chi connectivity index (χ3v) is 4.71. The van der Waals surface area contributed by atoms with E-state index in [-0.39, 0.29) is 6.29 Å². The highest BCUT2D eigenvalue weighted by molar-refractivity contribution is 5.29. The van der Waals surface area contributed by atoms with Crippen LogP contribution in [0.1, 0.15) is 63.9 Å². The fourth-order valence-corrected chi connectivity index (χ4v) is 3.11. The van der Waals surface area contributed by atoms with Gasteiger partial charge in [-0.25, -0.2) is 0 Å². The molecule has 22 heavy (non-hydrogen) atoms. The van der Waals surface area contributed by atoms with E-state index in [0.717, 1.165) is 18.3 Å². The minimum Gasteiger partial charge on any atom is -0.465 e. The molecule has 1 aliphatic carbocycles. The molecule has 2 unspecified atom stereocenters. The van der Waals surface area contributed by atoms with Crippen molar-refractivity contribution < 1.29 is 9.47 Å². The molecule has 0 spiro atoms. The summed E-state index contributed by atoms with van der Waals surface area (Å²) in [5.74, 6) is 2.11. The van der Waals surface area contributed by atoms with E-state index >= 15 is 0 Å². The zero-order valence-electron chi connectivity index (χ0n) is 14.1. The Kier molecular flexibility index (Phi) is 7.20. The van der Waals surface area contributed by atoms with Gasteiger partial charge in [0.1, 0.15) is 5.75 Å². The molecular weight excluding hydrogens is 274 g/mol. The van der Waals surface area contributed by atoms with Crippen LogP contribution in [0.25, 0.3) is 0 Å². The van der Waals surface area contributed by atoms with Crippen molar-refractivity contribution in [2.45, 2.75) is 64.6 Å². The minimum absolute atomic E-state index is 0.193. The van der Waals surface area contributed by atoms with Crippen LogP contribution in [0.3, 0.4) is 0 Å². The van der Waals surface area contributed by atoms with Gasteiger partial charge in [-0.3, -0.25) is 0 Å². The van der Waals surface area contributed by atoms with Gasteiger partial charge >= 0.3 is 0 Å². The summed E-state index contributed by atoms with van der Waals surface area (Å²) < 4.78 is 11.6. The maximum absolute atomic E-state index is 5.82. The molecule has 2 atom stereocenters. The monoisotopic (exact) mass is 305 g/mol. The smallest absolute Gasteiger partial charge is 0.196 e. The Balaban J connectivity index is 1.68. The van der Waals surface area contributed by atoms with E-state index < -0.39 is 0 Å². The van der Waals surface area contributed by atoms with Gasteiger partial charge in [-0.2, -0.15) is 0 Å². The Bertz CT molecular complexity index is 412. The van der Waals surface area contributed by atoms with Gasteiger partial charge in [0.25, 0.3) is 0 Å². The van der Waals surface area contributed by atoms with E-state index in [1.165, 1.54) is 44.1 Å². The SMILES string of the molecule is CC(OCCC1CCCCC1)Oc1ccc(C(C)CN)cc1. The van der Waals surface area contributed by atoms with Crippen molar-refractivity contribution in [3.05, 3.63) is 29.8 Å². The van der Waals surface area contributed by atoms with Gasteiger partial charge in [0.05, 0.1) is 6.61 Å². The molecule has 0 aromatic heterocycles. The number of ether oxygens (including phenoxy) is 2. The standard InChI is InChI=1S/C19H31NO2/c1-15(14-20)18-8-10-19(11-9-18)22-16(2)21-13-12-17-6-4-3-5-7-17/h8-11,15-17H,3-7,12-14,20H2,1-2H3. The normalized spacial score (nSPS) is 18.9. The van der Waals surface area contributed by atoms with Crippen molar-refractivity contribution in [3.63, 3.8) is 0 Å². The van der Waals surface area contributed by atoms with Gasteiger partial charge in [-0.1, -0.05) is 51.2 Å². The van der Waals surface area contributed by atoms with Crippen molar-refractivity contribution >= 4 is 0 Å². The number of benzene rings is 1. The lowest BCUT2D eigenvalue weighted by Gasteiger charge is -2.22. The molecule has 124 valence electrons. The third-order valence-electron chi connectivity index (χ3n) is 4.71. The summed E-state index contributed by atoms with van der Waals surface area (Å²) in [4.78, 5) is 0. The zero-order chi connectivity index (χ0) is 15.8. The highest BCUT2D eigenvalue weighted by atomic mass is 16.7. The molecule has 1 aliphatic rings. The van der Waals surface area contributed by atoms with Crippen molar-refractivity contribution in [1.82, 2.24) is 0 Å². The lowest BCUT2D eigenvalue weighted by molar-refractivity contribution is -0.0711. The van der Waals surface area contributed by atoms with E-state index in [4.69, 9.17) is 15.2 Å². The van der Waals surface area contributed by atoms with E-state index in [1.54, 1.807) is 0 Å². The summed E-state index contributed by atoms with van der Waals surface area (Å²) in [6, 6.07) is 8.17. The fourth-order valence-electron chi connectivity index (χ4n) is 3.11. The quantitative estimate of drug-likeness (QED) is 0.721. The molecule has 0 saturated heterocycles. The first-order chi connectivity index (χ1) is 10.7. The number of nitrogens with two attached hydrogens (primary N) is 1. The van der Waals surface area contributed by atoms with Crippen LogP contribution < -0.4 is 10.5 Å². The van der Waals surface area contributed by atoms with Gasteiger partial charge in [0.2, 0.25) is 0 Å².